The molecule has 0 aromatic rings. The Balaban J connectivity index is 4.12. The minimum atomic E-state index is 0.0545. The molecule has 1 atom stereocenters. The summed E-state index contributed by atoms with van der Waals surface area (Å²) in [4.78, 5) is 11.5. The second-order valence-corrected chi connectivity index (χ2v) is 4.75. The van der Waals surface area contributed by atoms with Crippen LogP contribution in [0.15, 0.2) is 0 Å². The highest BCUT2D eigenvalue weighted by Crippen LogP contribution is 2.25. The fourth-order valence-electron chi connectivity index (χ4n) is 0.803. The Labute approximate surface area is 75.7 Å². The Morgan fingerprint density at radius 1 is 1.17 bits per heavy atom. The van der Waals surface area contributed by atoms with Gasteiger partial charge in [-0.1, -0.05) is 27.7 Å². The van der Waals surface area contributed by atoms with Crippen LogP contribution in [0.3, 0.4) is 0 Å². The van der Waals surface area contributed by atoms with Crippen LogP contribution in [-0.4, -0.2) is 11.9 Å². The van der Waals surface area contributed by atoms with Crippen LogP contribution in [0.1, 0.15) is 41.5 Å². The molecule has 0 unspecified atom stereocenters. The van der Waals surface area contributed by atoms with Gasteiger partial charge < -0.3 is 5.32 Å². The van der Waals surface area contributed by atoms with Crippen molar-refractivity contribution in [1.82, 2.24) is 5.32 Å². The largest absolute Gasteiger partial charge is 0.354 e. The summed E-state index contributed by atoms with van der Waals surface area (Å²) in [5.74, 6) is 0.220. The molecule has 72 valence electrons. The summed E-state index contributed by atoms with van der Waals surface area (Å²) in [6.07, 6.45) is 0. The molecule has 0 rings (SSSR count). The molecule has 0 aliphatic carbocycles. The van der Waals surface area contributed by atoms with Crippen LogP contribution in [-0.2, 0) is 4.79 Å². The fraction of sp³-hybridized carbons (Fsp3) is 0.900. The molecule has 12 heavy (non-hydrogen) atoms. The number of hydrogen-bond acceptors (Lipinski definition) is 1. The van der Waals surface area contributed by atoms with Crippen LogP contribution in [0, 0.1) is 11.3 Å². The lowest BCUT2D eigenvalue weighted by molar-refractivity contribution is -0.128. The van der Waals surface area contributed by atoms with E-state index in [-0.39, 0.29) is 23.3 Å². The van der Waals surface area contributed by atoms with Gasteiger partial charge in [0.25, 0.3) is 0 Å². The predicted octanol–water partition coefficient (Wildman–Crippen LogP) is 2.19. The van der Waals surface area contributed by atoms with Gasteiger partial charge in [0.1, 0.15) is 0 Å². The predicted molar refractivity (Wildman–Crippen MR) is 51.9 cm³/mol. The zero-order valence-electron chi connectivity index (χ0n) is 9.06. The quantitative estimate of drug-likeness (QED) is 0.678. The van der Waals surface area contributed by atoms with Crippen molar-refractivity contribution < 1.29 is 4.79 Å². The summed E-state index contributed by atoms with van der Waals surface area (Å²) >= 11 is 0. The summed E-state index contributed by atoms with van der Waals surface area (Å²) in [7, 11) is 0. The summed E-state index contributed by atoms with van der Waals surface area (Å²) in [5.41, 5.74) is 0.0545. The maximum Gasteiger partial charge on any atom is 0.223 e. The van der Waals surface area contributed by atoms with Gasteiger partial charge in [0.05, 0.1) is 0 Å². The summed E-state index contributed by atoms with van der Waals surface area (Å²) in [6, 6.07) is 0.238. The second kappa shape index (κ2) is 3.92. The Bertz CT molecular complexity index is 156. The van der Waals surface area contributed by atoms with E-state index in [2.05, 4.69) is 26.1 Å². The first-order chi connectivity index (χ1) is 5.25. The highest BCUT2D eigenvalue weighted by molar-refractivity contribution is 5.79. The van der Waals surface area contributed by atoms with Gasteiger partial charge in [0.15, 0.2) is 0 Å². The van der Waals surface area contributed by atoms with Crippen molar-refractivity contribution in [1.29, 1.82) is 0 Å². The molecule has 1 amide bonds. The maximum atomic E-state index is 11.5. The van der Waals surface area contributed by atoms with E-state index in [1.807, 2.05) is 20.8 Å². The van der Waals surface area contributed by atoms with Crippen LogP contribution in [0.5, 0.6) is 0 Å². The van der Waals surface area contributed by atoms with Gasteiger partial charge in [0.2, 0.25) is 5.91 Å². The minimum Gasteiger partial charge on any atom is -0.354 e. The van der Waals surface area contributed by atoms with Gasteiger partial charge in [-0.3, -0.25) is 4.79 Å². The van der Waals surface area contributed by atoms with Crippen molar-refractivity contribution in [2.45, 2.75) is 47.6 Å². The summed E-state index contributed by atoms with van der Waals surface area (Å²) < 4.78 is 0. The molecular weight excluding hydrogens is 150 g/mol. The fourth-order valence-corrected chi connectivity index (χ4v) is 0.803. The monoisotopic (exact) mass is 171 g/mol. The molecule has 0 aliphatic rings. The van der Waals surface area contributed by atoms with Gasteiger partial charge in [-0.15, -0.1) is 0 Å². The van der Waals surface area contributed by atoms with Crippen molar-refractivity contribution >= 4 is 5.91 Å². The van der Waals surface area contributed by atoms with Crippen molar-refractivity contribution in [2.75, 3.05) is 0 Å². The molecule has 0 fully saturated rings. The Morgan fingerprint density at radius 2 is 1.58 bits per heavy atom. The third-order valence-electron chi connectivity index (χ3n) is 2.12. The third-order valence-corrected chi connectivity index (χ3v) is 2.12. The highest BCUT2D eigenvalue weighted by Gasteiger charge is 2.26. The van der Waals surface area contributed by atoms with Crippen molar-refractivity contribution in [3.63, 3.8) is 0 Å². The lowest BCUT2D eigenvalue weighted by atomic mass is 9.81. The van der Waals surface area contributed by atoms with Gasteiger partial charge >= 0.3 is 0 Å². The van der Waals surface area contributed by atoms with Crippen molar-refractivity contribution in [3.05, 3.63) is 0 Å². The molecular formula is C10H21NO. The maximum absolute atomic E-state index is 11.5. The molecule has 2 heteroatoms. The van der Waals surface area contributed by atoms with Crippen LogP contribution in [0.25, 0.3) is 0 Å². The number of rotatable bonds is 2. The van der Waals surface area contributed by atoms with Gasteiger partial charge in [-0.05, 0) is 19.3 Å². The number of carbonyl (C=O) groups excluding carboxylic acids is 1. The minimum absolute atomic E-state index is 0.0545. The lowest BCUT2D eigenvalue weighted by Crippen LogP contribution is -2.39. The van der Waals surface area contributed by atoms with Gasteiger partial charge in [-0.2, -0.15) is 0 Å². The Kier molecular flexibility index (Phi) is 3.75. The topological polar surface area (TPSA) is 29.1 Å². The number of amides is 1. The van der Waals surface area contributed by atoms with Crippen molar-refractivity contribution in [3.8, 4) is 0 Å². The third kappa shape index (κ3) is 3.74. The average Bonchev–Trinajstić information content (AvgIpc) is 1.82. The van der Waals surface area contributed by atoms with E-state index in [9.17, 15) is 4.79 Å². The molecule has 2 nitrogen and oxygen atoms in total. The SMILES string of the molecule is CC(C)NC(=O)[C@@H](C)C(C)(C)C. The first kappa shape index (κ1) is 11.5. The zero-order valence-corrected chi connectivity index (χ0v) is 9.06. The van der Waals surface area contributed by atoms with E-state index in [1.54, 1.807) is 0 Å². The van der Waals surface area contributed by atoms with E-state index >= 15 is 0 Å². The number of carbonyl (C=O) groups is 1. The Hall–Kier alpha value is -0.530. The summed E-state index contributed by atoms with van der Waals surface area (Å²) in [5, 5.41) is 2.91. The summed E-state index contributed by atoms with van der Waals surface area (Å²) in [6.45, 7) is 12.2. The second-order valence-electron chi connectivity index (χ2n) is 4.75. The zero-order chi connectivity index (χ0) is 9.94. The van der Waals surface area contributed by atoms with E-state index in [0.717, 1.165) is 0 Å². The standard InChI is InChI=1S/C10H21NO/c1-7(2)11-9(12)8(3)10(4,5)6/h7-8H,1-6H3,(H,11,12)/t8-/m1/s1. The highest BCUT2D eigenvalue weighted by atomic mass is 16.1. The Morgan fingerprint density at radius 3 is 1.83 bits per heavy atom. The van der Waals surface area contributed by atoms with Crippen molar-refractivity contribution in [2.24, 2.45) is 11.3 Å². The molecule has 0 bridgehead atoms. The molecule has 0 aliphatic heterocycles. The average molecular weight is 171 g/mol. The number of nitrogens with one attached hydrogen (secondary N) is 1. The van der Waals surface area contributed by atoms with Crippen LogP contribution in [0.4, 0.5) is 0 Å². The smallest absolute Gasteiger partial charge is 0.223 e. The van der Waals surface area contributed by atoms with Crippen LogP contribution < -0.4 is 5.32 Å². The van der Waals surface area contributed by atoms with E-state index in [4.69, 9.17) is 0 Å². The van der Waals surface area contributed by atoms with E-state index in [0.29, 0.717) is 0 Å². The molecule has 0 saturated heterocycles. The van der Waals surface area contributed by atoms with E-state index < -0.39 is 0 Å². The van der Waals surface area contributed by atoms with E-state index in [1.165, 1.54) is 0 Å². The van der Waals surface area contributed by atoms with Gasteiger partial charge in [0, 0.05) is 12.0 Å². The molecule has 0 spiro atoms. The normalized spacial score (nSPS) is 14.6. The molecule has 1 N–H and O–H groups in total. The molecule has 0 heterocycles. The first-order valence-electron chi connectivity index (χ1n) is 4.55. The van der Waals surface area contributed by atoms with Crippen LogP contribution in [0.2, 0.25) is 0 Å². The van der Waals surface area contributed by atoms with Crippen LogP contribution >= 0.6 is 0 Å². The molecule has 0 radical (unpaired) electrons. The molecule has 0 aromatic heterocycles. The lowest BCUT2D eigenvalue weighted by Gasteiger charge is -2.26. The molecule has 0 aromatic carbocycles. The number of hydrogen-bond donors (Lipinski definition) is 1. The first-order valence-corrected chi connectivity index (χ1v) is 4.55. The molecule has 0 saturated carbocycles. The van der Waals surface area contributed by atoms with Gasteiger partial charge in [-0.25, -0.2) is 0 Å².